The molecule has 0 aliphatic rings. The average molecular weight is 211 g/mol. The quantitative estimate of drug-likeness (QED) is 0.660. The Morgan fingerprint density at radius 3 is 2.40 bits per heavy atom. The van der Waals surface area contributed by atoms with E-state index >= 15 is 0 Å². The van der Waals surface area contributed by atoms with Crippen LogP contribution < -0.4 is 10.5 Å². The number of benzene rings is 1. The molecular formula is C11H17NO3. The molecule has 0 unspecified atom stereocenters. The van der Waals surface area contributed by atoms with Crippen molar-refractivity contribution in [1.29, 1.82) is 0 Å². The fraction of sp³-hybridized carbons (Fsp3) is 0.455. The van der Waals surface area contributed by atoms with E-state index in [1.165, 1.54) is 0 Å². The number of aliphatic hydroxyl groups excluding tert-OH is 2. The van der Waals surface area contributed by atoms with E-state index < -0.39 is 6.10 Å². The van der Waals surface area contributed by atoms with Crippen molar-refractivity contribution in [1.82, 2.24) is 0 Å². The Bertz CT molecular complexity index is 286. The number of hydrogen-bond acceptors (Lipinski definition) is 4. The largest absolute Gasteiger partial charge is 0.497 e. The first-order valence-electron chi connectivity index (χ1n) is 4.85. The standard InChI is InChI=1S/C11H17NO3/c1-15-10-4-2-8(3-5-10)11(14)6-9(12)7-13/h2-5,9,11,13-14H,6-7,12H2,1H3/t9-,11+/m0/s1. The van der Waals surface area contributed by atoms with Crippen molar-refractivity contribution in [3.05, 3.63) is 29.8 Å². The maximum Gasteiger partial charge on any atom is 0.118 e. The zero-order valence-electron chi connectivity index (χ0n) is 8.76. The van der Waals surface area contributed by atoms with Gasteiger partial charge in [-0.1, -0.05) is 12.1 Å². The van der Waals surface area contributed by atoms with Crippen molar-refractivity contribution >= 4 is 0 Å². The van der Waals surface area contributed by atoms with Gasteiger partial charge in [-0.05, 0) is 24.1 Å². The number of aliphatic hydroxyl groups is 2. The number of rotatable bonds is 5. The SMILES string of the molecule is COc1ccc([C@H](O)C[C@H](N)CO)cc1. The molecule has 0 aliphatic heterocycles. The highest BCUT2D eigenvalue weighted by atomic mass is 16.5. The van der Waals surface area contributed by atoms with Crippen molar-refractivity contribution in [3.8, 4) is 5.75 Å². The molecule has 0 heterocycles. The molecule has 4 heteroatoms. The van der Waals surface area contributed by atoms with Gasteiger partial charge in [0.05, 0.1) is 19.8 Å². The monoisotopic (exact) mass is 211 g/mol. The molecule has 15 heavy (non-hydrogen) atoms. The highest BCUT2D eigenvalue weighted by Crippen LogP contribution is 2.20. The molecule has 84 valence electrons. The molecule has 0 spiro atoms. The van der Waals surface area contributed by atoms with E-state index in [0.717, 1.165) is 11.3 Å². The van der Waals surface area contributed by atoms with E-state index in [4.69, 9.17) is 15.6 Å². The number of methoxy groups -OCH3 is 1. The van der Waals surface area contributed by atoms with Gasteiger partial charge in [-0.15, -0.1) is 0 Å². The van der Waals surface area contributed by atoms with Crippen molar-refractivity contribution in [2.75, 3.05) is 13.7 Å². The first kappa shape index (κ1) is 12.0. The van der Waals surface area contributed by atoms with E-state index in [1.54, 1.807) is 31.4 Å². The van der Waals surface area contributed by atoms with Gasteiger partial charge in [-0.25, -0.2) is 0 Å². The van der Waals surface area contributed by atoms with Gasteiger partial charge in [-0.3, -0.25) is 0 Å². The maximum atomic E-state index is 9.75. The fourth-order valence-electron chi connectivity index (χ4n) is 1.32. The topological polar surface area (TPSA) is 75.7 Å². The van der Waals surface area contributed by atoms with Crippen LogP contribution in [0.1, 0.15) is 18.1 Å². The second kappa shape index (κ2) is 5.70. The summed E-state index contributed by atoms with van der Waals surface area (Å²) in [5, 5.41) is 18.5. The molecule has 1 aromatic rings. The van der Waals surface area contributed by atoms with Crippen molar-refractivity contribution < 1.29 is 14.9 Å². The summed E-state index contributed by atoms with van der Waals surface area (Å²) in [6.07, 6.45) is -0.291. The van der Waals surface area contributed by atoms with Gasteiger partial charge in [0.15, 0.2) is 0 Å². The summed E-state index contributed by atoms with van der Waals surface area (Å²) in [6, 6.07) is 6.75. The third kappa shape index (κ3) is 3.51. The van der Waals surface area contributed by atoms with Crippen LogP contribution >= 0.6 is 0 Å². The minimum atomic E-state index is -0.641. The summed E-state index contributed by atoms with van der Waals surface area (Å²) in [6.45, 7) is -0.118. The first-order chi connectivity index (χ1) is 7.17. The highest BCUT2D eigenvalue weighted by molar-refractivity contribution is 5.28. The second-order valence-corrected chi connectivity index (χ2v) is 3.47. The Labute approximate surface area is 89.3 Å². The molecule has 0 aromatic heterocycles. The third-order valence-corrected chi connectivity index (χ3v) is 2.26. The van der Waals surface area contributed by atoms with Crippen LogP contribution in [0.2, 0.25) is 0 Å². The Kier molecular flexibility index (Phi) is 4.55. The van der Waals surface area contributed by atoms with Crippen LogP contribution in [0.3, 0.4) is 0 Å². The highest BCUT2D eigenvalue weighted by Gasteiger charge is 2.11. The smallest absolute Gasteiger partial charge is 0.118 e. The van der Waals surface area contributed by atoms with E-state index in [1.807, 2.05) is 0 Å². The first-order valence-corrected chi connectivity index (χ1v) is 4.85. The van der Waals surface area contributed by atoms with Gasteiger partial charge in [0.1, 0.15) is 5.75 Å². The van der Waals surface area contributed by atoms with Gasteiger partial charge in [0.25, 0.3) is 0 Å². The maximum absolute atomic E-state index is 9.75. The minimum absolute atomic E-state index is 0.118. The Balaban J connectivity index is 2.61. The van der Waals surface area contributed by atoms with Crippen LogP contribution in [-0.2, 0) is 0 Å². The summed E-state index contributed by atoms with van der Waals surface area (Å²) in [5.74, 6) is 0.748. The molecule has 0 bridgehead atoms. The van der Waals surface area contributed by atoms with E-state index in [9.17, 15) is 5.11 Å². The summed E-state index contributed by atoms with van der Waals surface area (Å²) in [7, 11) is 1.59. The Morgan fingerprint density at radius 2 is 1.93 bits per heavy atom. The number of hydrogen-bond donors (Lipinski definition) is 3. The molecule has 1 rings (SSSR count). The molecule has 0 saturated heterocycles. The molecule has 0 fully saturated rings. The number of nitrogens with two attached hydrogens (primary N) is 1. The van der Waals surface area contributed by atoms with Crippen LogP contribution in [0.25, 0.3) is 0 Å². The van der Waals surface area contributed by atoms with Gasteiger partial charge >= 0.3 is 0 Å². The normalized spacial score (nSPS) is 14.7. The molecule has 4 nitrogen and oxygen atoms in total. The zero-order chi connectivity index (χ0) is 11.3. The Hall–Kier alpha value is -1.10. The van der Waals surface area contributed by atoms with Crippen molar-refractivity contribution in [2.24, 2.45) is 5.73 Å². The van der Waals surface area contributed by atoms with Gasteiger partial charge < -0.3 is 20.7 Å². The lowest BCUT2D eigenvalue weighted by Gasteiger charge is -2.15. The predicted molar refractivity (Wildman–Crippen MR) is 57.6 cm³/mol. The predicted octanol–water partition coefficient (Wildman–Crippen LogP) is 0.438. The average Bonchev–Trinajstić information content (AvgIpc) is 2.29. The molecule has 4 N–H and O–H groups in total. The van der Waals surface area contributed by atoms with Crippen molar-refractivity contribution in [2.45, 2.75) is 18.6 Å². The van der Waals surface area contributed by atoms with Crippen LogP contribution in [0.15, 0.2) is 24.3 Å². The molecule has 0 saturated carbocycles. The number of ether oxygens (including phenoxy) is 1. The molecule has 0 aliphatic carbocycles. The van der Waals surface area contributed by atoms with E-state index in [-0.39, 0.29) is 12.6 Å². The molecule has 0 amide bonds. The fourth-order valence-corrected chi connectivity index (χ4v) is 1.32. The summed E-state index contributed by atoms with van der Waals surface area (Å²) >= 11 is 0. The van der Waals surface area contributed by atoms with Crippen LogP contribution in [-0.4, -0.2) is 30.0 Å². The summed E-state index contributed by atoms with van der Waals surface area (Å²) in [4.78, 5) is 0. The lowest BCUT2D eigenvalue weighted by molar-refractivity contribution is 0.140. The van der Waals surface area contributed by atoms with E-state index in [2.05, 4.69) is 0 Å². The lowest BCUT2D eigenvalue weighted by atomic mass is 10.0. The summed E-state index contributed by atoms with van der Waals surface area (Å²) in [5.41, 5.74) is 6.31. The van der Waals surface area contributed by atoms with Crippen LogP contribution in [0.5, 0.6) is 5.75 Å². The summed E-state index contributed by atoms with van der Waals surface area (Å²) < 4.78 is 5.00. The minimum Gasteiger partial charge on any atom is -0.497 e. The Morgan fingerprint density at radius 1 is 1.33 bits per heavy atom. The third-order valence-electron chi connectivity index (χ3n) is 2.26. The lowest BCUT2D eigenvalue weighted by Crippen LogP contribution is -2.26. The van der Waals surface area contributed by atoms with Gasteiger partial charge in [0, 0.05) is 6.04 Å². The molecule has 1 aromatic carbocycles. The second-order valence-electron chi connectivity index (χ2n) is 3.47. The molecule has 2 atom stereocenters. The molecule has 0 radical (unpaired) electrons. The van der Waals surface area contributed by atoms with Crippen LogP contribution in [0, 0.1) is 0 Å². The molecular weight excluding hydrogens is 194 g/mol. The van der Waals surface area contributed by atoms with Crippen molar-refractivity contribution in [3.63, 3.8) is 0 Å². The zero-order valence-corrected chi connectivity index (χ0v) is 8.76. The van der Waals surface area contributed by atoms with E-state index in [0.29, 0.717) is 6.42 Å². The van der Waals surface area contributed by atoms with Gasteiger partial charge in [0.2, 0.25) is 0 Å². The van der Waals surface area contributed by atoms with Gasteiger partial charge in [-0.2, -0.15) is 0 Å². The van der Waals surface area contributed by atoms with Crippen LogP contribution in [0.4, 0.5) is 0 Å².